The smallest absolute Gasteiger partial charge is 0.156 e. The summed E-state index contributed by atoms with van der Waals surface area (Å²) in [4.78, 5) is 4.41. The standard InChI is InChI=1S/C21H17ClF3N3O3/c1-30-2-3-31-17-4-10(7-23)18-19(12(17)8-24)13-9-26-28-21(13)27-20(18)11-5-14(22)16(29)6-15(11)25/h4-6,9,29H,2-3,7-8H2,1H3,(H,26,27,28). The number of ether oxygens (including phenoxy) is 2. The van der Waals surface area contributed by atoms with Gasteiger partial charge in [0.25, 0.3) is 0 Å². The van der Waals surface area contributed by atoms with E-state index in [9.17, 15) is 18.3 Å². The fourth-order valence-corrected chi connectivity index (χ4v) is 3.71. The van der Waals surface area contributed by atoms with Crippen LogP contribution in [-0.2, 0) is 18.1 Å². The second-order valence-electron chi connectivity index (χ2n) is 6.75. The minimum Gasteiger partial charge on any atom is -0.506 e. The largest absolute Gasteiger partial charge is 0.506 e. The second-order valence-corrected chi connectivity index (χ2v) is 7.15. The molecule has 2 heterocycles. The Bertz CT molecular complexity index is 1280. The van der Waals surface area contributed by atoms with Gasteiger partial charge in [-0.25, -0.2) is 18.2 Å². The van der Waals surface area contributed by atoms with Gasteiger partial charge in [-0.15, -0.1) is 0 Å². The number of benzene rings is 2. The highest BCUT2D eigenvalue weighted by Crippen LogP contribution is 2.42. The molecule has 4 aromatic rings. The monoisotopic (exact) mass is 451 g/mol. The van der Waals surface area contributed by atoms with Gasteiger partial charge in [0.15, 0.2) is 5.65 Å². The predicted molar refractivity (Wildman–Crippen MR) is 110 cm³/mol. The summed E-state index contributed by atoms with van der Waals surface area (Å²) >= 11 is 5.98. The number of nitrogens with one attached hydrogen (secondary N) is 1. The van der Waals surface area contributed by atoms with Crippen molar-refractivity contribution >= 4 is 33.4 Å². The van der Waals surface area contributed by atoms with Gasteiger partial charge >= 0.3 is 0 Å². The number of rotatable bonds is 7. The molecule has 0 spiro atoms. The maximum absolute atomic E-state index is 14.8. The van der Waals surface area contributed by atoms with Gasteiger partial charge in [0.2, 0.25) is 0 Å². The highest BCUT2D eigenvalue weighted by Gasteiger charge is 2.23. The number of aromatic amines is 1. The molecule has 0 aliphatic rings. The Morgan fingerprint density at radius 3 is 2.65 bits per heavy atom. The molecule has 0 fully saturated rings. The third kappa shape index (κ3) is 3.64. The zero-order valence-corrected chi connectivity index (χ0v) is 17.1. The number of pyridine rings is 1. The van der Waals surface area contributed by atoms with Gasteiger partial charge in [-0.1, -0.05) is 11.6 Å². The molecule has 0 aliphatic heterocycles. The van der Waals surface area contributed by atoms with E-state index in [0.29, 0.717) is 10.8 Å². The molecule has 4 rings (SSSR count). The highest BCUT2D eigenvalue weighted by atomic mass is 35.5. The summed E-state index contributed by atoms with van der Waals surface area (Å²) in [7, 11) is 1.50. The Morgan fingerprint density at radius 1 is 1.13 bits per heavy atom. The number of halogens is 4. The van der Waals surface area contributed by atoms with Crippen molar-refractivity contribution in [2.24, 2.45) is 0 Å². The molecule has 0 radical (unpaired) electrons. The predicted octanol–water partition coefficient (Wildman–Crippen LogP) is 5.24. The molecule has 162 valence electrons. The lowest BCUT2D eigenvalue weighted by Gasteiger charge is -2.18. The van der Waals surface area contributed by atoms with E-state index in [-0.39, 0.29) is 57.4 Å². The molecule has 2 aromatic carbocycles. The SMILES string of the molecule is COCCOc1cc(CF)c2c(-c3cc(Cl)c(O)cc3F)nc3[nH]ncc3c2c1CF. The van der Waals surface area contributed by atoms with Gasteiger partial charge in [0.05, 0.1) is 23.5 Å². The number of hydrogen-bond acceptors (Lipinski definition) is 5. The molecular weight excluding hydrogens is 435 g/mol. The molecule has 10 heteroatoms. The minimum atomic E-state index is -0.935. The lowest BCUT2D eigenvalue weighted by Crippen LogP contribution is -2.07. The molecule has 0 unspecified atom stereocenters. The van der Waals surface area contributed by atoms with Crippen LogP contribution >= 0.6 is 11.6 Å². The second kappa shape index (κ2) is 8.60. The minimum absolute atomic E-state index is 0.0388. The summed E-state index contributed by atoms with van der Waals surface area (Å²) in [6.07, 6.45) is 1.44. The van der Waals surface area contributed by atoms with Crippen molar-refractivity contribution in [3.8, 4) is 22.8 Å². The van der Waals surface area contributed by atoms with Crippen LogP contribution in [0.3, 0.4) is 0 Å². The first-order chi connectivity index (χ1) is 15.0. The summed E-state index contributed by atoms with van der Waals surface area (Å²) in [5, 5.41) is 17.2. The Hall–Kier alpha value is -3.04. The fourth-order valence-electron chi connectivity index (χ4n) is 3.55. The van der Waals surface area contributed by atoms with Crippen LogP contribution in [0.2, 0.25) is 5.02 Å². The fraction of sp³-hybridized carbons (Fsp3) is 0.238. The zero-order chi connectivity index (χ0) is 22.1. The number of aromatic hydroxyl groups is 1. The quantitative estimate of drug-likeness (QED) is 0.376. The summed E-state index contributed by atoms with van der Waals surface area (Å²) in [6.45, 7) is -1.47. The molecule has 6 nitrogen and oxygen atoms in total. The molecule has 2 N–H and O–H groups in total. The van der Waals surface area contributed by atoms with E-state index >= 15 is 0 Å². The van der Waals surface area contributed by atoms with Gasteiger partial charge < -0.3 is 14.6 Å². The van der Waals surface area contributed by atoms with E-state index in [1.54, 1.807) is 0 Å². The van der Waals surface area contributed by atoms with Crippen LogP contribution in [0.5, 0.6) is 11.5 Å². The van der Waals surface area contributed by atoms with Crippen molar-refractivity contribution in [2.75, 3.05) is 20.3 Å². The lowest BCUT2D eigenvalue weighted by atomic mass is 9.93. The van der Waals surface area contributed by atoms with Crippen LogP contribution < -0.4 is 4.74 Å². The van der Waals surface area contributed by atoms with E-state index in [0.717, 1.165) is 6.07 Å². The van der Waals surface area contributed by atoms with Crippen LogP contribution in [-0.4, -0.2) is 40.6 Å². The maximum Gasteiger partial charge on any atom is 0.156 e. The normalized spacial score (nSPS) is 11.5. The number of fused-ring (bicyclic) bond motifs is 3. The average Bonchev–Trinajstić information content (AvgIpc) is 3.24. The van der Waals surface area contributed by atoms with Crippen molar-refractivity contribution in [1.29, 1.82) is 0 Å². The van der Waals surface area contributed by atoms with Gasteiger partial charge in [0.1, 0.15) is 37.3 Å². The van der Waals surface area contributed by atoms with Crippen LogP contribution in [0.25, 0.3) is 33.1 Å². The van der Waals surface area contributed by atoms with Gasteiger partial charge in [0, 0.05) is 40.5 Å². The Labute approximate surface area is 179 Å². The molecule has 0 atom stereocenters. The molecule has 0 bridgehead atoms. The van der Waals surface area contributed by atoms with Gasteiger partial charge in [-0.3, -0.25) is 5.10 Å². The van der Waals surface area contributed by atoms with Crippen molar-refractivity contribution in [1.82, 2.24) is 15.2 Å². The first-order valence-electron chi connectivity index (χ1n) is 9.23. The van der Waals surface area contributed by atoms with E-state index in [4.69, 9.17) is 21.1 Å². The Kier molecular flexibility index (Phi) is 5.88. The number of methoxy groups -OCH3 is 1. The molecule has 31 heavy (non-hydrogen) atoms. The van der Waals surface area contributed by atoms with Crippen molar-refractivity contribution in [2.45, 2.75) is 13.3 Å². The molecule has 2 aromatic heterocycles. The van der Waals surface area contributed by atoms with Gasteiger partial charge in [-0.05, 0) is 17.7 Å². The lowest BCUT2D eigenvalue weighted by molar-refractivity contribution is 0.145. The number of hydrogen-bond donors (Lipinski definition) is 2. The summed E-state index contributed by atoms with van der Waals surface area (Å²) in [5.74, 6) is -1.11. The Morgan fingerprint density at radius 2 is 1.94 bits per heavy atom. The van der Waals surface area contributed by atoms with Gasteiger partial charge in [-0.2, -0.15) is 5.10 Å². The first kappa shape index (κ1) is 21.2. The van der Waals surface area contributed by atoms with E-state index in [1.165, 1.54) is 25.4 Å². The molecule has 0 aliphatic carbocycles. The van der Waals surface area contributed by atoms with E-state index in [1.807, 2.05) is 0 Å². The zero-order valence-electron chi connectivity index (χ0n) is 16.3. The number of nitrogens with zero attached hydrogens (tertiary/aromatic N) is 2. The van der Waals surface area contributed by atoms with Crippen LogP contribution in [0, 0.1) is 5.82 Å². The number of alkyl halides is 2. The molecule has 0 saturated heterocycles. The van der Waals surface area contributed by atoms with E-state index < -0.39 is 24.9 Å². The first-order valence-corrected chi connectivity index (χ1v) is 9.61. The van der Waals surface area contributed by atoms with Crippen molar-refractivity contribution < 1.29 is 27.8 Å². The van der Waals surface area contributed by atoms with Crippen LogP contribution in [0.4, 0.5) is 13.2 Å². The van der Waals surface area contributed by atoms with Crippen molar-refractivity contribution in [3.05, 3.63) is 46.4 Å². The summed E-state index contributed by atoms with van der Waals surface area (Å²) in [5.41, 5.74) is 0.505. The average molecular weight is 452 g/mol. The molecule has 0 saturated carbocycles. The molecule has 0 amide bonds. The van der Waals surface area contributed by atoms with E-state index in [2.05, 4.69) is 15.2 Å². The Balaban J connectivity index is 2.12. The number of phenols is 1. The van der Waals surface area contributed by atoms with Crippen molar-refractivity contribution in [3.63, 3.8) is 0 Å². The highest BCUT2D eigenvalue weighted by molar-refractivity contribution is 6.32. The summed E-state index contributed by atoms with van der Waals surface area (Å²) < 4.78 is 53.8. The third-order valence-corrected chi connectivity index (χ3v) is 5.24. The molecular formula is C21H17ClF3N3O3. The topological polar surface area (TPSA) is 80.3 Å². The summed E-state index contributed by atoms with van der Waals surface area (Å²) in [6, 6.07) is 3.41. The van der Waals surface area contributed by atoms with Crippen LogP contribution in [0.15, 0.2) is 24.4 Å². The maximum atomic E-state index is 14.8. The number of H-pyrrole nitrogens is 1. The number of aromatic nitrogens is 3. The van der Waals surface area contributed by atoms with Crippen LogP contribution in [0.1, 0.15) is 11.1 Å². The third-order valence-electron chi connectivity index (χ3n) is 4.94. The number of phenolic OH excluding ortho intramolecular Hbond substituents is 1.